The van der Waals surface area contributed by atoms with Crippen molar-refractivity contribution in [3.05, 3.63) is 88.5 Å². The van der Waals surface area contributed by atoms with E-state index < -0.39 is 42.0 Å². The van der Waals surface area contributed by atoms with Crippen molar-refractivity contribution in [3.63, 3.8) is 0 Å². The second kappa shape index (κ2) is 10.9. The summed E-state index contributed by atoms with van der Waals surface area (Å²) in [6.45, 7) is 1.81. The monoisotopic (exact) mass is 525 g/mol. The number of carbonyl (C=O) groups is 1. The van der Waals surface area contributed by atoms with Crippen LogP contribution in [0.2, 0.25) is 0 Å². The third-order valence-corrected chi connectivity index (χ3v) is 6.15. The molecule has 0 aliphatic carbocycles. The number of benzene rings is 2. The fourth-order valence-corrected chi connectivity index (χ4v) is 4.37. The van der Waals surface area contributed by atoms with Crippen molar-refractivity contribution >= 4 is 5.91 Å². The number of alkyl halides is 6. The maximum absolute atomic E-state index is 13.2. The molecular formula is C25H25F6N5O. The number of hydrogen-bond donors (Lipinski definition) is 3. The molecule has 4 rings (SSSR count). The Hall–Kier alpha value is -3.38. The van der Waals surface area contributed by atoms with E-state index in [1.165, 1.54) is 0 Å². The minimum absolute atomic E-state index is 0.0691. The third kappa shape index (κ3) is 6.69. The fraction of sp³-hybridized carbons (Fsp3) is 0.360. The first-order valence-corrected chi connectivity index (χ1v) is 11.6. The van der Waals surface area contributed by atoms with Gasteiger partial charge >= 0.3 is 12.4 Å². The molecule has 2 aromatic carbocycles. The first-order valence-electron chi connectivity index (χ1n) is 11.6. The zero-order valence-electron chi connectivity index (χ0n) is 19.6. The highest BCUT2D eigenvalue weighted by molar-refractivity contribution is 5.84. The molecule has 0 saturated carbocycles. The molecule has 3 aromatic rings. The lowest BCUT2D eigenvalue weighted by Gasteiger charge is -2.24. The van der Waals surface area contributed by atoms with E-state index in [-0.39, 0.29) is 11.6 Å². The Kier molecular flexibility index (Phi) is 7.88. The normalized spacial score (nSPS) is 16.1. The number of hydrogen-bond acceptors (Lipinski definition) is 4. The number of carbonyl (C=O) groups excluding carboxylic acids is 1. The molecule has 0 saturated heterocycles. The molecule has 2 heterocycles. The second-order valence-corrected chi connectivity index (χ2v) is 8.78. The van der Waals surface area contributed by atoms with E-state index in [9.17, 15) is 31.1 Å². The maximum atomic E-state index is 13.2. The maximum Gasteiger partial charge on any atom is 0.416 e. The Bertz CT molecular complexity index is 1180. The number of aromatic nitrogens is 2. The van der Waals surface area contributed by atoms with Crippen molar-refractivity contribution in [1.82, 2.24) is 25.5 Å². The van der Waals surface area contributed by atoms with Crippen LogP contribution in [-0.4, -0.2) is 40.4 Å². The molecule has 6 nitrogen and oxygen atoms in total. The summed E-state index contributed by atoms with van der Waals surface area (Å²) >= 11 is 0. The van der Waals surface area contributed by atoms with Crippen LogP contribution in [0.25, 0.3) is 0 Å². The van der Waals surface area contributed by atoms with E-state index in [1.54, 1.807) is 24.7 Å². The average Bonchev–Trinajstić information content (AvgIpc) is 3.48. The average molecular weight is 525 g/mol. The summed E-state index contributed by atoms with van der Waals surface area (Å²) in [7, 11) is 0. The highest BCUT2D eigenvalue weighted by Gasteiger charge is 2.38. The zero-order chi connectivity index (χ0) is 26.6. The number of halogens is 6. The van der Waals surface area contributed by atoms with Crippen LogP contribution in [-0.2, 0) is 36.7 Å². The Balaban J connectivity index is 1.43. The smallest absolute Gasteiger partial charge is 0.350 e. The van der Waals surface area contributed by atoms with Gasteiger partial charge in [-0.15, -0.1) is 0 Å². The topological polar surface area (TPSA) is 73.1 Å². The number of aromatic amines is 1. The molecule has 0 spiro atoms. The molecule has 1 amide bonds. The van der Waals surface area contributed by atoms with Crippen LogP contribution in [0, 0.1) is 0 Å². The number of nitrogens with zero attached hydrogens (tertiary/aromatic N) is 2. The lowest BCUT2D eigenvalue weighted by Crippen LogP contribution is -2.39. The van der Waals surface area contributed by atoms with Gasteiger partial charge in [-0.3, -0.25) is 9.69 Å². The van der Waals surface area contributed by atoms with Crippen LogP contribution in [0.4, 0.5) is 26.3 Å². The van der Waals surface area contributed by atoms with Crippen molar-refractivity contribution in [3.8, 4) is 0 Å². The van der Waals surface area contributed by atoms with Gasteiger partial charge in [0.05, 0.1) is 17.5 Å². The largest absolute Gasteiger partial charge is 0.416 e. The summed E-state index contributed by atoms with van der Waals surface area (Å²) in [6, 6.07) is 7.94. The first kappa shape index (κ1) is 26.7. The van der Waals surface area contributed by atoms with E-state index in [0.29, 0.717) is 38.3 Å². The summed E-state index contributed by atoms with van der Waals surface area (Å²) in [5, 5.41) is 5.84. The Morgan fingerprint density at radius 1 is 1.03 bits per heavy atom. The summed E-state index contributed by atoms with van der Waals surface area (Å²) in [5.74, 6) is -0.492. The third-order valence-electron chi connectivity index (χ3n) is 6.15. The molecule has 1 aliphatic rings. The predicted octanol–water partition coefficient (Wildman–Crippen LogP) is 4.45. The molecule has 1 unspecified atom stereocenters. The predicted molar refractivity (Wildman–Crippen MR) is 123 cm³/mol. The molecule has 0 fully saturated rings. The summed E-state index contributed by atoms with van der Waals surface area (Å²) < 4.78 is 79.1. The highest BCUT2D eigenvalue weighted by atomic mass is 19.4. The van der Waals surface area contributed by atoms with Gasteiger partial charge in [-0.05, 0) is 34.9 Å². The Morgan fingerprint density at radius 3 is 2.38 bits per heavy atom. The van der Waals surface area contributed by atoms with Gasteiger partial charge in [0.2, 0.25) is 5.91 Å². The number of amides is 1. The summed E-state index contributed by atoms with van der Waals surface area (Å²) in [6.07, 6.45) is -5.82. The number of H-pyrrole nitrogens is 1. The van der Waals surface area contributed by atoms with Gasteiger partial charge in [-0.2, -0.15) is 26.3 Å². The van der Waals surface area contributed by atoms with E-state index in [1.807, 2.05) is 17.0 Å². The van der Waals surface area contributed by atoms with Gasteiger partial charge < -0.3 is 15.6 Å². The molecule has 1 aliphatic heterocycles. The molecule has 1 aromatic heterocycles. The van der Waals surface area contributed by atoms with E-state index in [2.05, 4.69) is 20.6 Å². The van der Waals surface area contributed by atoms with E-state index in [0.717, 1.165) is 23.2 Å². The summed E-state index contributed by atoms with van der Waals surface area (Å²) in [5.41, 5.74) is -0.423. The van der Waals surface area contributed by atoms with Gasteiger partial charge in [0.1, 0.15) is 6.04 Å². The van der Waals surface area contributed by atoms with E-state index >= 15 is 0 Å². The SMILES string of the molecule is O=C(NCc1cc(C(F)(F)F)cc(C(F)(F)F)c1)C1c2ccccc2CN1CCNCCc1cnc[nH]1. The van der Waals surface area contributed by atoms with Gasteiger partial charge in [-0.25, -0.2) is 4.98 Å². The van der Waals surface area contributed by atoms with Crippen molar-refractivity contribution < 1.29 is 31.1 Å². The minimum atomic E-state index is -4.95. The number of imidazole rings is 1. The molecule has 37 heavy (non-hydrogen) atoms. The Morgan fingerprint density at radius 2 is 1.73 bits per heavy atom. The van der Waals surface area contributed by atoms with Crippen LogP contribution in [0.3, 0.4) is 0 Å². The van der Waals surface area contributed by atoms with Gasteiger partial charge in [0, 0.05) is 51.0 Å². The number of nitrogens with one attached hydrogen (secondary N) is 3. The van der Waals surface area contributed by atoms with Crippen LogP contribution < -0.4 is 10.6 Å². The molecule has 198 valence electrons. The number of rotatable bonds is 9. The quantitative estimate of drug-likeness (QED) is 0.285. The van der Waals surface area contributed by atoms with Crippen LogP contribution in [0.1, 0.15) is 39.6 Å². The van der Waals surface area contributed by atoms with Crippen molar-refractivity contribution in [1.29, 1.82) is 0 Å². The van der Waals surface area contributed by atoms with Gasteiger partial charge in [-0.1, -0.05) is 24.3 Å². The lowest BCUT2D eigenvalue weighted by molar-refractivity contribution is -0.143. The summed E-state index contributed by atoms with van der Waals surface area (Å²) in [4.78, 5) is 22.1. The molecule has 1 atom stereocenters. The molecule has 0 radical (unpaired) electrons. The van der Waals surface area contributed by atoms with Gasteiger partial charge in [0.15, 0.2) is 0 Å². The molecule has 3 N–H and O–H groups in total. The molecule has 0 bridgehead atoms. The van der Waals surface area contributed by atoms with Crippen LogP contribution in [0.5, 0.6) is 0 Å². The van der Waals surface area contributed by atoms with Crippen LogP contribution in [0.15, 0.2) is 55.0 Å². The highest BCUT2D eigenvalue weighted by Crippen LogP contribution is 2.37. The first-order chi connectivity index (χ1) is 17.5. The van der Waals surface area contributed by atoms with Crippen molar-refractivity contribution in [2.24, 2.45) is 0 Å². The standard InChI is InChI=1S/C25H25F6N5O/c26-24(27,28)18-9-16(10-19(11-18)25(29,30)31)12-34-23(37)22-21-4-2-1-3-17(21)14-36(22)8-7-32-6-5-20-13-33-15-35-20/h1-4,9-11,13,15,22,32H,5-8,12,14H2,(H,33,35)(H,34,37). The molecular weight excluding hydrogens is 500 g/mol. The van der Waals surface area contributed by atoms with Gasteiger partial charge in [0.25, 0.3) is 0 Å². The second-order valence-electron chi connectivity index (χ2n) is 8.78. The minimum Gasteiger partial charge on any atom is -0.350 e. The zero-order valence-corrected chi connectivity index (χ0v) is 19.6. The number of fused-ring (bicyclic) bond motifs is 1. The van der Waals surface area contributed by atoms with Crippen molar-refractivity contribution in [2.45, 2.75) is 37.9 Å². The lowest BCUT2D eigenvalue weighted by atomic mass is 10.0. The van der Waals surface area contributed by atoms with Crippen LogP contribution >= 0.6 is 0 Å². The Labute approximate surface area is 209 Å². The van der Waals surface area contributed by atoms with Crippen molar-refractivity contribution in [2.75, 3.05) is 19.6 Å². The van der Waals surface area contributed by atoms with E-state index in [4.69, 9.17) is 0 Å². The molecule has 12 heteroatoms. The fourth-order valence-electron chi connectivity index (χ4n) is 4.37.